The van der Waals surface area contributed by atoms with Crippen LogP contribution < -0.4 is 0 Å². The molecular weight excluding hydrogens is 370 g/mol. The number of benzene rings is 2. The Balaban J connectivity index is 1.91. The van der Waals surface area contributed by atoms with Crippen molar-refractivity contribution in [1.82, 2.24) is 4.31 Å². The third-order valence-electron chi connectivity index (χ3n) is 4.99. The van der Waals surface area contributed by atoms with Crippen LogP contribution in [0.15, 0.2) is 53.4 Å². The number of hydrogen-bond donors (Lipinski definition) is 0. The number of hydrogen-bond acceptors (Lipinski definition) is 4. The van der Waals surface area contributed by atoms with Crippen LogP contribution in [0.2, 0.25) is 0 Å². The van der Waals surface area contributed by atoms with Gasteiger partial charge in [-0.2, -0.15) is 4.31 Å². The Morgan fingerprint density at radius 2 is 1.65 bits per heavy atom. The second-order valence-corrected chi connectivity index (χ2v) is 10.9. The minimum absolute atomic E-state index is 0.0130. The summed E-state index contributed by atoms with van der Waals surface area (Å²) < 4.78 is 52.7. The molecule has 7 heteroatoms. The van der Waals surface area contributed by atoms with Crippen LogP contribution in [-0.4, -0.2) is 40.0 Å². The van der Waals surface area contributed by atoms with Crippen molar-refractivity contribution in [2.45, 2.75) is 30.4 Å². The van der Waals surface area contributed by atoms with Crippen molar-refractivity contribution in [2.24, 2.45) is 0 Å². The number of sulfonamides is 1. The largest absolute Gasteiger partial charge is 0.243 e. The molecule has 1 aliphatic heterocycles. The van der Waals surface area contributed by atoms with Gasteiger partial charge in [0.05, 0.1) is 15.9 Å². The zero-order chi connectivity index (χ0) is 18.9. The fourth-order valence-electron chi connectivity index (χ4n) is 3.23. The molecule has 1 saturated heterocycles. The fraction of sp³-hybridized carbons (Fsp3) is 0.368. The Morgan fingerprint density at radius 1 is 0.962 bits per heavy atom. The lowest BCUT2D eigenvalue weighted by molar-refractivity contribution is 0.428. The van der Waals surface area contributed by atoms with Crippen LogP contribution in [0.3, 0.4) is 0 Å². The molecule has 1 fully saturated rings. The molecule has 26 heavy (non-hydrogen) atoms. The molecule has 5 nitrogen and oxygen atoms in total. The molecule has 0 radical (unpaired) electrons. The van der Waals surface area contributed by atoms with Gasteiger partial charge in [0.1, 0.15) is 0 Å². The number of aryl methyl sites for hydroxylation is 2. The van der Waals surface area contributed by atoms with Gasteiger partial charge in [-0.15, -0.1) is 0 Å². The van der Waals surface area contributed by atoms with Crippen LogP contribution in [0, 0.1) is 13.8 Å². The molecule has 1 atom stereocenters. The summed E-state index contributed by atoms with van der Waals surface area (Å²) in [7, 11) is -7.12. The molecule has 140 valence electrons. The van der Waals surface area contributed by atoms with Crippen molar-refractivity contribution >= 4 is 19.9 Å². The summed E-state index contributed by atoms with van der Waals surface area (Å²) >= 11 is 0. The Labute approximate surface area is 155 Å². The summed E-state index contributed by atoms with van der Waals surface area (Å²) in [6.45, 7) is 3.97. The predicted molar refractivity (Wildman–Crippen MR) is 102 cm³/mol. The van der Waals surface area contributed by atoms with E-state index in [0.29, 0.717) is 0 Å². The summed E-state index contributed by atoms with van der Waals surface area (Å²) in [5.41, 5.74) is 2.64. The van der Waals surface area contributed by atoms with E-state index in [2.05, 4.69) is 0 Å². The first kappa shape index (κ1) is 19.1. The summed E-state index contributed by atoms with van der Waals surface area (Å²) in [5, 5.41) is -0.663. The average Bonchev–Trinajstić information content (AvgIpc) is 2.76. The Kier molecular flexibility index (Phi) is 5.23. The molecule has 2 aromatic rings. The number of rotatable bonds is 3. The molecule has 0 N–H and O–H groups in total. The highest BCUT2D eigenvalue weighted by atomic mass is 32.2. The summed E-state index contributed by atoms with van der Waals surface area (Å²) in [4.78, 5) is 0.219. The Morgan fingerprint density at radius 3 is 2.31 bits per heavy atom. The third kappa shape index (κ3) is 3.70. The molecule has 0 aliphatic carbocycles. The van der Waals surface area contributed by atoms with Gasteiger partial charge in [0.25, 0.3) is 0 Å². The lowest BCUT2D eigenvalue weighted by Gasteiger charge is -2.20. The molecule has 0 saturated carbocycles. The molecular formula is C19H23NO4S2. The van der Waals surface area contributed by atoms with Gasteiger partial charge in [0.15, 0.2) is 9.84 Å². The highest BCUT2D eigenvalue weighted by Crippen LogP contribution is 2.31. The summed E-state index contributed by atoms with van der Waals surface area (Å²) in [5.74, 6) is -0.170. The summed E-state index contributed by atoms with van der Waals surface area (Å²) in [6, 6.07) is 14.0. The molecule has 2 aromatic carbocycles. The van der Waals surface area contributed by atoms with Gasteiger partial charge in [-0.3, -0.25) is 0 Å². The predicted octanol–water partition coefficient (Wildman–Crippen LogP) is 2.85. The normalized spacial score (nSPS) is 21.2. The zero-order valence-electron chi connectivity index (χ0n) is 14.9. The maximum atomic E-state index is 13.0. The zero-order valence-corrected chi connectivity index (χ0v) is 16.6. The van der Waals surface area contributed by atoms with Crippen molar-refractivity contribution in [3.63, 3.8) is 0 Å². The van der Waals surface area contributed by atoms with E-state index in [-0.39, 0.29) is 30.2 Å². The first-order valence-corrected chi connectivity index (χ1v) is 11.7. The van der Waals surface area contributed by atoms with Gasteiger partial charge in [-0.1, -0.05) is 36.4 Å². The molecule has 3 rings (SSSR count). The van der Waals surface area contributed by atoms with Gasteiger partial charge >= 0.3 is 0 Å². The third-order valence-corrected chi connectivity index (χ3v) is 9.01. The summed E-state index contributed by atoms with van der Waals surface area (Å²) in [6.07, 6.45) is 0.260. The van der Waals surface area contributed by atoms with Gasteiger partial charge in [-0.25, -0.2) is 16.8 Å². The van der Waals surface area contributed by atoms with Gasteiger partial charge < -0.3 is 0 Å². The molecule has 0 aromatic heterocycles. The van der Waals surface area contributed by atoms with E-state index in [1.54, 1.807) is 42.5 Å². The van der Waals surface area contributed by atoms with E-state index >= 15 is 0 Å². The number of sulfone groups is 1. The molecule has 0 amide bonds. The first-order chi connectivity index (χ1) is 12.2. The van der Waals surface area contributed by atoms with Crippen LogP contribution >= 0.6 is 0 Å². The van der Waals surface area contributed by atoms with Crippen LogP contribution in [0.1, 0.15) is 28.4 Å². The monoisotopic (exact) mass is 393 g/mol. The maximum absolute atomic E-state index is 13.0. The maximum Gasteiger partial charge on any atom is 0.243 e. The van der Waals surface area contributed by atoms with Crippen LogP contribution in [0.25, 0.3) is 0 Å². The second kappa shape index (κ2) is 7.13. The van der Waals surface area contributed by atoms with Gasteiger partial charge in [-0.05, 0) is 49.1 Å². The van der Waals surface area contributed by atoms with E-state index in [1.807, 2.05) is 19.9 Å². The van der Waals surface area contributed by atoms with Crippen LogP contribution in [0.5, 0.6) is 0 Å². The highest BCUT2D eigenvalue weighted by Gasteiger charge is 2.35. The van der Waals surface area contributed by atoms with Crippen molar-refractivity contribution < 1.29 is 16.8 Å². The lowest BCUT2D eigenvalue weighted by Crippen LogP contribution is -2.33. The quantitative estimate of drug-likeness (QED) is 0.804. The minimum atomic E-state index is -3.71. The standard InChI is InChI=1S/C19H23NO4S2/c1-15-8-9-18(14-16(15)2)26(23,24)20-11-10-19(25(21,22)13-12-20)17-6-4-3-5-7-17/h3-9,14,19H,10-13H2,1-2H3. The lowest BCUT2D eigenvalue weighted by atomic mass is 10.1. The SMILES string of the molecule is Cc1ccc(S(=O)(=O)N2CCC(c3ccccc3)S(=O)(=O)CC2)cc1C. The fourth-order valence-corrected chi connectivity index (χ4v) is 6.68. The van der Waals surface area contributed by atoms with E-state index in [0.717, 1.165) is 16.7 Å². The van der Waals surface area contributed by atoms with Crippen molar-refractivity contribution in [2.75, 3.05) is 18.8 Å². The average molecular weight is 394 g/mol. The molecule has 1 aliphatic rings. The van der Waals surface area contributed by atoms with Crippen LogP contribution in [-0.2, 0) is 19.9 Å². The van der Waals surface area contributed by atoms with Gasteiger partial charge in [0.2, 0.25) is 10.0 Å². The number of nitrogens with zero attached hydrogens (tertiary/aromatic N) is 1. The second-order valence-electron chi connectivity index (χ2n) is 6.71. The topological polar surface area (TPSA) is 71.5 Å². The van der Waals surface area contributed by atoms with Crippen molar-refractivity contribution in [3.05, 3.63) is 65.2 Å². The van der Waals surface area contributed by atoms with Crippen molar-refractivity contribution in [3.8, 4) is 0 Å². The van der Waals surface area contributed by atoms with Crippen LogP contribution in [0.4, 0.5) is 0 Å². The van der Waals surface area contributed by atoms with E-state index in [1.165, 1.54) is 4.31 Å². The Bertz CT molecular complexity index is 999. The van der Waals surface area contributed by atoms with Gasteiger partial charge in [0, 0.05) is 13.1 Å². The minimum Gasteiger partial charge on any atom is -0.228 e. The van der Waals surface area contributed by atoms with E-state index in [9.17, 15) is 16.8 Å². The van der Waals surface area contributed by atoms with Crippen molar-refractivity contribution in [1.29, 1.82) is 0 Å². The van der Waals surface area contributed by atoms with E-state index < -0.39 is 25.1 Å². The smallest absolute Gasteiger partial charge is 0.228 e. The first-order valence-electron chi connectivity index (χ1n) is 8.56. The van der Waals surface area contributed by atoms with E-state index in [4.69, 9.17) is 0 Å². The molecule has 1 unspecified atom stereocenters. The molecule has 0 spiro atoms. The molecule has 1 heterocycles. The molecule has 0 bridgehead atoms. The highest BCUT2D eigenvalue weighted by molar-refractivity contribution is 7.92. The Hall–Kier alpha value is -1.70.